The molecule has 0 spiro atoms. The van der Waals surface area contributed by atoms with Crippen molar-refractivity contribution in [1.82, 2.24) is 4.98 Å². The van der Waals surface area contributed by atoms with E-state index in [4.69, 9.17) is 0 Å². The zero-order valence-electron chi connectivity index (χ0n) is 14.1. The Morgan fingerprint density at radius 2 is 1.58 bits per heavy atom. The van der Waals surface area contributed by atoms with Crippen molar-refractivity contribution in [3.8, 4) is 22.4 Å². The van der Waals surface area contributed by atoms with Crippen LogP contribution >= 0.6 is 0 Å². The Balaban J connectivity index is 1.93. The first-order chi connectivity index (χ1) is 11.8. The molecule has 1 nitrogen and oxygen atoms in total. The summed E-state index contributed by atoms with van der Waals surface area (Å²) in [6, 6.07) is 23.2. The average Bonchev–Trinajstić information content (AvgIpc) is 2.67. The second kappa shape index (κ2) is 7.56. The first-order valence-electron chi connectivity index (χ1n) is 8.23. The van der Waals surface area contributed by atoms with Gasteiger partial charge in [0.05, 0.1) is 5.69 Å². The zero-order chi connectivity index (χ0) is 16.8. The van der Waals surface area contributed by atoms with Crippen LogP contribution in [0.4, 0.5) is 0 Å². The van der Waals surface area contributed by atoms with Crippen LogP contribution in [0.5, 0.6) is 0 Å². The first-order valence-corrected chi connectivity index (χ1v) is 8.23. The van der Waals surface area contributed by atoms with Crippen LogP contribution in [0.25, 0.3) is 28.0 Å². The monoisotopic (exact) mass is 311 g/mol. The Kier molecular flexibility index (Phi) is 5.02. The largest absolute Gasteiger partial charge is 0.256 e. The number of allylic oxidation sites excluding steroid dienone is 4. The fourth-order valence-corrected chi connectivity index (χ4v) is 2.79. The highest BCUT2D eigenvalue weighted by molar-refractivity contribution is 5.77. The minimum absolute atomic E-state index is 1.00. The van der Waals surface area contributed by atoms with Gasteiger partial charge in [-0.15, -0.1) is 0 Å². The van der Waals surface area contributed by atoms with Gasteiger partial charge in [-0.1, -0.05) is 66.8 Å². The molecule has 0 saturated heterocycles. The molecular weight excluding hydrogens is 290 g/mol. The smallest absolute Gasteiger partial charge is 0.0702 e. The third-order valence-electron chi connectivity index (χ3n) is 4.03. The molecule has 118 valence electrons. The first kappa shape index (κ1) is 15.9. The van der Waals surface area contributed by atoms with E-state index in [1.165, 1.54) is 22.3 Å². The second-order valence-electron chi connectivity index (χ2n) is 5.62. The molecular formula is C23H21N. The van der Waals surface area contributed by atoms with E-state index >= 15 is 0 Å². The lowest BCUT2D eigenvalue weighted by Crippen LogP contribution is -1.85. The van der Waals surface area contributed by atoms with E-state index in [9.17, 15) is 0 Å². The number of aromatic nitrogens is 1. The van der Waals surface area contributed by atoms with Crippen LogP contribution in [0.1, 0.15) is 19.4 Å². The Morgan fingerprint density at radius 1 is 0.792 bits per heavy atom. The number of pyridine rings is 1. The standard InChI is InChI=1S/C23H21N/c1-3-8-18(4-2)19-12-14-20(15-13-19)21-9-7-10-22(17-21)23-11-5-6-16-24-23/h3-17H,1-2H3/b8-3-,18-4+. The van der Waals surface area contributed by atoms with E-state index in [1.807, 2.05) is 31.3 Å². The van der Waals surface area contributed by atoms with Gasteiger partial charge in [0, 0.05) is 11.8 Å². The summed E-state index contributed by atoms with van der Waals surface area (Å²) < 4.78 is 0. The maximum atomic E-state index is 4.44. The molecule has 0 unspecified atom stereocenters. The minimum Gasteiger partial charge on any atom is -0.256 e. The maximum Gasteiger partial charge on any atom is 0.0702 e. The van der Waals surface area contributed by atoms with E-state index in [0.717, 1.165) is 11.3 Å². The van der Waals surface area contributed by atoms with E-state index in [2.05, 4.69) is 78.7 Å². The molecule has 3 rings (SSSR count). The van der Waals surface area contributed by atoms with Gasteiger partial charge in [-0.25, -0.2) is 0 Å². The lowest BCUT2D eigenvalue weighted by molar-refractivity contribution is 1.33. The van der Waals surface area contributed by atoms with Crippen LogP contribution in [0.3, 0.4) is 0 Å². The highest BCUT2D eigenvalue weighted by atomic mass is 14.7. The van der Waals surface area contributed by atoms with Crippen molar-refractivity contribution in [2.24, 2.45) is 0 Å². The van der Waals surface area contributed by atoms with Crippen LogP contribution in [0.15, 0.2) is 91.2 Å². The highest BCUT2D eigenvalue weighted by Crippen LogP contribution is 2.27. The van der Waals surface area contributed by atoms with Crippen LogP contribution in [0, 0.1) is 0 Å². The number of nitrogens with zero attached hydrogens (tertiary/aromatic N) is 1. The molecule has 0 amide bonds. The van der Waals surface area contributed by atoms with Gasteiger partial charge in [0.1, 0.15) is 0 Å². The van der Waals surface area contributed by atoms with Crippen molar-refractivity contribution in [2.75, 3.05) is 0 Å². The van der Waals surface area contributed by atoms with Crippen molar-refractivity contribution in [1.29, 1.82) is 0 Å². The summed E-state index contributed by atoms with van der Waals surface area (Å²) in [5.41, 5.74) is 7.04. The topological polar surface area (TPSA) is 12.9 Å². The molecule has 1 heteroatoms. The van der Waals surface area contributed by atoms with Gasteiger partial charge >= 0.3 is 0 Å². The van der Waals surface area contributed by atoms with Gasteiger partial charge in [-0.2, -0.15) is 0 Å². The van der Waals surface area contributed by atoms with Crippen molar-refractivity contribution in [3.63, 3.8) is 0 Å². The summed E-state index contributed by atoms with van der Waals surface area (Å²) in [5, 5.41) is 0. The molecule has 1 aromatic heterocycles. The predicted molar refractivity (Wildman–Crippen MR) is 104 cm³/mol. The van der Waals surface area contributed by atoms with Gasteiger partial charge in [-0.05, 0) is 54.3 Å². The van der Waals surface area contributed by atoms with Crippen LogP contribution < -0.4 is 0 Å². The summed E-state index contributed by atoms with van der Waals surface area (Å²) in [6.07, 6.45) is 8.17. The molecule has 0 radical (unpaired) electrons. The summed E-state index contributed by atoms with van der Waals surface area (Å²) in [7, 11) is 0. The summed E-state index contributed by atoms with van der Waals surface area (Å²) in [5.74, 6) is 0. The average molecular weight is 311 g/mol. The number of benzene rings is 2. The lowest BCUT2D eigenvalue weighted by atomic mass is 9.98. The van der Waals surface area contributed by atoms with Crippen LogP contribution in [0.2, 0.25) is 0 Å². The minimum atomic E-state index is 1.00. The molecule has 0 atom stereocenters. The zero-order valence-corrected chi connectivity index (χ0v) is 14.1. The Hall–Kier alpha value is -2.93. The summed E-state index contributed by atoms with van der Waals surface area (Å²) >= 11 is 0. The normalized spacial score (nSPS) is 11.8. The molecule has 0 aliphatic rings. The van der Waals surface area contributed by atoms with Gasteiger partial charge in [-0.3, -0.25) is 4.98 Å². The fraction of sp³-hybridized carbons (Fsp3) is 0.0870. The summed E-state index contributed by atoms with van der Waals surface area (Å²) in [4.78, 5) is 4.44. The van der Waals surface area contributed by atoms with Crippen LogP contribution in [-0.2, 0) is 0 Å². The molecule has 0 aliphatic carbocycles. The molecule has 0 bridgehead atoms. The molecule has 0 aliphatic heterocycles. The molecule has 24 heavy (non-hydrogen) atoms. The molecule has 0 saturated carbocycles. The highest BCUT2D eigenvalue weighted by Gasteiger charge is 2.03. The van der Waals surface area contributed by atoms with E-state index in [-0.39, 0.29) is 0 Å². The van der Waals surface area contributed by atoms with Crippen LogP contribution in [-0.4, -0.2) is 4.98 Å². The van der Waals surface area contributed by atoms with Gasteiger partial charge in [0.15, 0.2) is 0 Å². The van der Waals surface area contributed by atoms with E-state index in [0.29, 0.717) is 0 Å². The predicted octanol–water partition coefficient (Wildman–Crippen LogP) is 6.40. The quantitative estimate of drug-likeness (QED) is 0.508. The molecule has 1 heterocycles. The Morgan fingerprint density at radius 3 is 2.25 bits per heavy atom. The lowest BCUT2D eigenvalue weighted by Gasteiger charge is -2.07. The Bertz CT molecular complexity index is 856. The van der Waals surface area contributed by atoms with E-state index < -0.39 is 0 Å². The maximum absolute atomic E-state index is 4.44. The van der Waals surface area contributed by atoms with Gasteiger partial charge in [0.25, 0.3) is 0 Å². The SMILES string of the molecule is C/C=C\C(=C/C)c1ccc(-c2cccc(-c3ccccn3)c2)cc1. The third-order valence-corrected chi connectivity index (χ3v) is 4.03. The summed E-state index contributed by atoms with van der Waals surface area (Å²) in [6.45, 7) is 4.11. The molecule has 0 fully saturated rings. The molecule has 3 aromatic rings. The second-order valence-corrected chi connectivity index (χ2v) is 5.62. The third kappa shape index (κ3) is 3.52. The fourth-order valence-electron chi connectivity index (χ4n) is 2.79. The van der Waals surface area contributed by atoms with Crippen molar-refractivity contribution < 1.29 is 0 Å². The van der Waals surface area contributed by atoms with E-state index in [1.54, 1.807) is 0 Å². The number of hydrogen-bond donors (Lipinski definition) is 0. The van der Waals surface area contributed by atoms with Gasteiger partial charge in [0.2, 0.25) is 0 Å². The van der Waals surface area contributed by atoms with Gasteiger partial charge < -0.3 is 0 Å². The van der Waals surface area contributed by atoms with Crippen molar-refractivity contribution in [2.45, 2.75) is 13.8 Å². The number of rotatable bonds is 4. The number of hydrogen-bond acceptors (Lipinski definition) is 1. The van der Waals surface area contributed by atoms with Crippen molar-refractivity contribution >= 4 is 5.57 Å². The molecule has 2 aromatic carbocycles. The Labute approximate surface area is 144 Å². The van der Waals surface area contributed by atoms with Crippen molar-refractivity contribution in [3.05, 3.63) is 96.7 Å². The molecule has 0 N–H and O–H groups in total.